The largest absolute Gasteiger partial charge is 0.327 e. The van der Waals surface area contributed by atoms with E-state index in [1.54, 1.807) is 24.3 Å². The molecule has 1 saturated heterocycles. The van der Waals surface area contributed by atoms with Gasteiger partial charge in [-0.05, 0) is 25.1 Å². The fraction of sp³-hybridized carbons (Fsp3) is 0.261. The third-order valence-corrected chi connectivity index (χ3v) is 5.85. The molecule has 30 heavy (non-hydrogen) atoms. The van der Waals surface area contributed by atoms with Gasteiger partial charge in [0.2, 0.25) is 11.8 Å². The van der Waals surface area contributed by atoms with Crippen LogP contribution >= 0.6 is 0 Å². The minimum Gasteiger partial charge on any atom is -0.324 e. The molecule has 1 fully saturated rings. The van der Waals surface area contributed by atoms with E-state index in [-0.39, 0.29) is 0 Å². The number of amides is 4. The first-order chi connectivity index (χ1) is 14.3. The molecule has 2 heterocycles. The van der Waals surface area contributed by atoms with Gasteiger partial charge in [-0.15, -0.1) is 0 Å². The van der Waals surface area contributed by atoms with E-state index in [2.05, 4.69) is 17.2 Å². The Morgan fingerprint density at radius 1 is 1.03 bits per heavy atom. The Morgan fingerprint density at radius 2 is 1.70 bits per heavy atom. The molecule has 0 aliphatic carbocycles. The first-order valence-electron chi connectivity index (χ1n) is 9.58. The van der Waals surface area contributed by atoms with E-state index >= 15 is 0 Å². The molecule has 2 aliphatic rings. The van der Waals surface area contributed by atoms with Crippen LogP contribution in [0.5, 0.6) is 0 Å². The highest BCUT2D eigenvalue weighted by molar-refractivity contribution is 6.13. The molecule has 3 unspecified atom stereocenters. The summed E-state index contributed by atoms with van der Waals surface area (Å²) in [6.07, 6.45) is -1.01. The number of benzene rings is 2. The SMILES string of the molecule is Cc1ccc(C#CC2(C3C(=O)N(C)C(=O)N(C)C3N)C(=O)Nc3ccccc32)cc1. The fourth-order valence-corrected chi connectivity index (χ4v) is 4.08. The minimum absolute atomic E-state index is 0.423. The van der Waals surface area contributed by atoms with Crippen LogP contribution in [0.3, 0.4) is 0 Å². The Kier molecular flexibility index (Phi) is 4.60. The molecule has 4 rings (SSSR count). The summed E-state index contributed by atoms with van der Waals surface area (Å²) in [6.45, 7) is 1.97. The standard InChI is InChI=1S/C23H22N4O3/c1-14-8-10-15(11-9-14)12-13-23(16-6-4-5-7-17(16)25-21(23)29)18-19(24)26(2)22(30)27(3)20(18)28/h4-11,18-19H,24H2,1-3H3,(H,25,29). The zero-order valence-corrected chi connectivity index (χ0v) is 17.0. The molecule has 0 radical (unpaired) electrons. The topological polar surface area (TPSA) is 95.7 Å². The fourth-order valence-electron chi connectivity index (χ4n) is 4.08. The normalized spacial score (nSPS) is 25.5. The van der Waals surface area contributed by atoms with E-state index in [0.717, 1.165) is 10.5 Å². The average Bonchev–Trinajstić information content (AvgIpc) is 3.02. The number of rotatable bonds is 1. The maximum Gasteiger partial charge on any atom is 0.327 e. The van der Waals surface area contributed by atoms with Crippen molar-refractivity contribution in [3.8, 4) is 11.8 Å². The number of anilines is 1. The maximum atomic E-state index is 13.4. The number of urea groups is 1. The highest BCUT2D eigenvalue weighted by Crippen LogP contribution is 2.45. The number of aryl methyl sites for hydroxylation is 1. The molecule has 0 spiro atoms. The molecule has 3 N–H and O–H groups in total. The van der Waals surface area contributed by atoms with Crippen LogP contribution in [0.2, 0.25) is 0 Å². The van der Waals surface area contributed by atoms with E-state index < -0.39 is 35.3 Å². The van der Waals surface area contributed by atoms with Gasteiger partial charge in [0.05, 0.1) is 6.17 Å². The van der Waals surface area contributed by atoms with E-state index in [9.17, 15) is 14.4 Å². The van der Waals surface area contributed by atoms with Gasteiger partial charge in [-0.2, -0.15) is 0 Å². The van der Waals surface area contributed by atoms with Crippen molar-refractivity contribution in [1.29, 1.82) is 0 Å². The van der Waals surface area contributed by atoms with E-state index in [4.69, 9.17) is 5.73 Å². The van der Waals surface area contributed by atoms with Gasteiger partial charge < -0.3 is 16.0 Å². The lowest BCUT2D eigenvalue weighted by Gasteiger charge is -2.44. The summed E-state index contributed by atoms with van der Waals surface area (Å²) < 4.78 is 0. The Labute approximate surface area is 174 Å². The molecule has 0 bridgehead atoms. The molecule has 2 aliphatic heterocycles. The molecule has 3 atom stereocenters. The average molecular weight is 402 g/mol. The van der Waals surface area contributed by atoms with Crippen molar-refractivity contribution in [2.45, 2.75) is 18.5 Å². The monoisotopic (exact) mass is 402 g/mol. The summed E-state index contributed by atoms with van der Waals surface area (Å²) in [5, 5.41) is 2.84. The van der Waals surface area contributed by atoms with Gasteiger partial charge in [0.15, 0.2) is 5.41 Å². The van der Waals surface area contributed by atoms with Crippen molar-refractivity contribution < 1.29 is 14.4 Å². The van der Waals surface area contributed by atoms with Crippen LogP contribution in [0, 0.1) is 24.7 Å². The highest BCUT2D eigenvalue weighted by atomic mass is 16.2. The van der Waals surface area contributed by atoms with Crippen LogP contribution in [0.15, 0.2) is 48.5 Å². The number of carbonyl (C=O) groups is 3. The Morgan fingerprint density at radius 3 is 2.40 bits per heavy atom. The Balaban J connectivity index is 1.94. The summed E-state index contributed by atoms with van der Waals surface area (Å²) in [5.41, 5.74) is 7.79. The highest BCUT2D eigenvalue weighted by Gasteiger charge is 2.60. The van der Waals surface area contributed by atoms with Crippen LogP contribution in [0.25, 0.3) is 0 Å². The smallest absolute Gasteiger partial charge is 0.324 e. The van der Waals surface area contributed by atoms with Gasteiger partial charge in [-0.3, -0.25) is 14.5 Å². The molecule has 0 aromatic heterocycles. The number of nitrogens with two attached hydrogens (primary N) is 1. The lowest BCUT2D eigenvalue weighted by molar-refractivity contribution is -0.142. The molecule has 2 aromatic rings. The summed E-state index contributed by atoms with van der Waals surface area (Å²) in [5.74, 6) is 4.14. The summed E-state index contributed by atoms with van der Waals surface area (Å²) in [7, 11) is 2.91. The van der Waals surface area contributed by atoms with Gasteiger partial charge in [0, 0.05) is 30.9 Å². The van der Waals surface area contributed by atoms with Crippen molar-refractivity contribution >= 4 is 23.5 Å². The summed E-state index contributed by atoms with van der Waals surface area (Å²) >= 11 is 0. The molecular weight excluding hydrogens is 380 g/mol. The van der Waals surface area contributed by atoms with Gasteiger partial charge in [0.25, 0.3) is 0 Å². The Hall–Kier alpha value is -3.63. The van der Waals surface area contributed by atoms with Gasteiger partial charge in [-0.25, -0.2) is 4.79 Å². The van der Waals surface area contributed by atoms with Crippen LogP contribution in [-0.2, 0) is 15.0 Å². The zero-order chi connectivity index (χ0) is 21.6. The van der Waals surface area contributed by atoms with Crippen LogP contribution < -0.4 is 11.1 Å². The minimum atomic E-state index is -1.53. The lowest BCUT2D eigenvalue weighted by atomic mass is 9.68. The second-order valence-corrected chi connectivity index (χ2v) is 7.68. The predicted octanol–water partition coefficient (Wildman–Crippen LogP) is 1.66. The number of para-hydroxylation sites is 1. The van der Waals surface area contributed by atoms with Crippen LogP contribution in [0.1, 0.15) is 16.7 Å². The van der Waals surface area contributed by atoms with Crippen LogP contribution in [-0.4, -0.2) is 47.9 Å². The number of nitrogens with zero attached hydrogens (tertiary/aromatic N) is 2. The summed E-state index contributed by atoms with van der Waals surface area (Å²) in [6, 6.07) is 14.2. The molecule has 7 heteroatoms. The lowest BCUT2D eigenvalue weighted by Crippen LogP contribution is -2.68. The number of hydrogen-bond acceptors (Lipinski definition) is 4. The van der Waals surface area contributed by atoms with Crippen molar-refractivity contribution in [2.24, 2.45) is 11.7 Å². The number of hydrogen-bond donors (Lipinski definition) is 2. The maximum absolute atomic E-state index is 13.4. The third kappa shape index (κ3) is 2.77. The molecule has 7 nitrogen and oxygen atoms in total. The zero-order valence-electron chi connectivity index (χ0n) is 17.0. The second kappa shape index (κ2) is 7.01. The van der Waals surface area contributed by atoms with E-state index in [0.29, 0.717) is 16.8 Å². The first-order valence-corrected chi connectivity index (χ1v) is 9.58. The number of fused-ring (bicyclic) bond motifs is 1. The molecule has 4 amide bonds. The van der Waals surface area contributed by atoms with E-state index in [1.165, 1.54) is 19.0 Å². The first kappa shape index (κ1) is 19.7. The number of carbonyl (C=O) groups excluding carboxylic acids is 3. The van der Waals surface area contributed by atoms with Crippen LogP contribution in [0.4, 0.5) is 10.5 Å². The molecule has 0 saturated carbocycles. The van der Waals surface area contributed by atoms with Gasteiger partial charge in [0.1, 0.15) is 5.92 Å². The Bertz CT molecular complexity index is 1120. The van der Waals surface area contributed by atoms with Crippen molar-refractivity contribution in [3.63, 3.8) is 0 Å². The molecular formula is C23H22N4O3. The number of imide groups is 1. The molecule has 152 valence electrons. The third-order valence-electron chi connectivity index (χ3n) is 5.85. The molecule has 2 aromatic carbocycles. The van der Waals surface area contributed by atoms with Gasteiger partial charge in [-0.1, -0.05) is 47.7 Å². The second-order valence-electron chi connectivity index (χ2n) is 7.68. The predicted molar refractivity (Wildman–Crippen MR) is 112 cm³/mol. The van der Waals surface area contributed by atoms with Crippen molar-refractivity contribution in [2.75, 3.05) is 19.4 Å². The van der Waals surface area contributed by atoms with Crippen molar-refractivity contribution in [3.05, 3.63) is 65.2 Å². The summed E-state index contributed by atoms with van der Waals surface area (Å²) in [4.78, 5) is 41.3. The van der Waals surface area contributed by atoms with Crippen molar-refractivity contribution in [1.82, 2.24) is 9.80 Å². The van der Waals surface area contributed by atoms with Gasteiger partial charge >= 0.3 is 6.03 Å². The number of nitrogens with one attached hydrogen (secondary N) is 1. The quantitative estimate of drug-likeness (QED) is 0.709. The van der Waals surface area contributed by atoms with E-state index in [1.807, 2.05) is 31.2 Å².